The van der Waals surface area contributed by atoms with E-state index in [4.69, 9.17) is 21.6 Å². The zero-order chi connectivity index (χ0) is 16.7. The lowest BCUT2D eigenvalue weighted by molar-refractivity contribution is -0.123. The number of hydrazone groups is 1. The van der Waals surface area contributed by atoms with E-state index in [0.29, 0.717) is 22.0 Å². The third-order valence-corrected chi connectivity index (χ3v) is 3.31. The number of benzene rings is 2. The molecule has 5 nitrogen and oxygen atoms in total. The van der Waals surface area contributed by atoms with Gasteiger partial charge < -0.3 is 4.74 Å². The Bertz CT molecular complexity index is 781. The molecule has 116 valence electrons. The summed E-state index contributed by atoms with van der Waals surface area (Å²) >= 11 is 6.06. The van der Waals surface area contributed by atoms with Gasteiger partial charge in [-0.15, -0.1) is 0 Å². The van der Waals surface area contributed by atoms with Crippen molar-refractivity contribution in [2.75, 3.05) is 6.61 Å². The molecule has 0 spiro atoms. The molecule has 0 aromatic heterocycles. The Hall–Kier alpha value is -2.84. The average molecular weight is 328 g/mol. The number of nitriles is 1. The van der Waals surface area contributed by atoms with Crippen molar-refractivity contribution in [1.29, 1.82) is 5.26 Å². The highest BCUT2D eigenvalue weighted by Gasteiger charge is 2.07. The summed E-state index contributed by atoms with van der Waals surface area (Å²) in [6.07, 6.45) is 0. The van der Waals surface area contributed by atoms with Gasteiger partial charge in [0.15, 0.2) is 6.61 Å². The molecule has 0 aliphatic rings. The lowest BCUT2D eigenvalue weighted by Crippen LogP contribution is -2.25. The summed E-state index contributed by atoms with van der Waals surface area (Å²) in [6.45, 7) is 1.51. The van der Waals surface area contributed by atoms with E-state index in [0.717, 1.165) is 5.56 Å². The van der Waals surface area contributed by atoms with E-state index in [9.17, 15) is 4.79 Å². The number of carbonyl (C=O) groups is 1. The van der Waals surface area contributed by atoms with Crippen LogP contribution in [0.25, 0.3) is 0 Å². The van der Waals surface area contributed by atoms with E-state index in [-0.39, 0.29) is 6.61 Å². The Balaban J connectivity index is 1.94. The van der Waals surface area contributed by atoms with E-state index in [1.807, 2.05) is 24.3 Å². The van der Waals surface area contributed by atoms with Crippen molar-refractivity contribution in [2.24, 2.45) is 5.10 Å². The molecule has 1 amide bonds. The van der Waals surface area contributed by atoms with Crippen molar-refractivity contribution in [3.63, 3.8) is 0 Å². The molecule has 0 heterocycles. The standard InChI is InChI=1S/C17H14ClN3O2/c1-12(14-7-3-4-8-15(14)18)20-21-17(22)11-23-16-9-5-2-6-13(16)10-19/h2-9H,11H2,1H3,(H,21,22)/b20-12+. The molecule has 0 radical (unpaired) electrons. The van der Waals surface area contributed by atoms with E-state index in [2.05, 4.69) is 10.5 Å². The molecule has 0 saturated heterocycles. The third kappa shape index (κ3) is 4.56. The topological polar surface area (TPSA) is 74.5 Å². The zero-order valence-electron chi connectivity index (χ0n) is 12.4. The fraction of sp³-hybridized carbons (Fsp3) is 0.118. The minimum Gasteiger partial charge on any atom is -0.482 e. The van der Waals surface area contributed by atoms with Crippen molar-refractivity contribution in [3.8, 4) is 11.8 Å². The van der Waals surface area contributed by atoms with Crippen LogP contribution in [-0.2, 0) is 4.79 Å². The summed E-state index contributed by atoms with van der Waals surface area (Å²) < 4.78 is 5.32. The van der Waals surface area contributed by atoms with E-state index in [1.165, 1.54) is 0 Å². The molecule has 2 aromatic carbocycles. The Morgan fingerprint density at radius 2 is 1.96 bits per heavy atom. The number of hydrogen-bond donors (Lipinski definition) is 1. The number of nitrogens with one attached hydrogen (secondary N) is 1. The molecule has 0 fully saturated rings. The maximum atomic E-state index is 11.8. The minimum atomic E-state index is -0.427. The van der Waals surface area contributed by atoms with Crippen LogP contribution in [0.2, 0.25) is 5.02 Å². The van der Waals surface area contributed by atoms with Crippen LogP contribution in [0, 0.1) is 11.3 Å². The molecule has 1 N–H and O–H groups in total. The maximum absolute atomic E-state index is 11.8. The van der Waals surface area contributed by atoms with Gasteiger partial charge in [0.1, 0.15) is 11.8 Å². The monoisotopic (exact) mass is 327 g/mol. The first-order chi connectivity index (χ1) is 11.1. The number of nitrogens with zero attached hydrogens (tertiary/aromatic N) is 2. The number of carbonyl (C=O) groups excluding carboxylic acids is 1. The van der Waals surface area contributed by atoms with Crippen molar-refractivity contribution >= 4 is 23.2 Å². The number of hydrogen-bond acceptors (Lipinski definition) is 4. The van der Waals surface area contributed by atoms with Crippen molar-refractivity contribution in [2.45, 2.75) is 6.92 Å². The van der Waals surface area contributed by atoms with Gasteiger partial charge in [-0.1, -0.05) is 41.9 Å². The lowest BCUT2D eigenvalue weighted by atomic mass is 10.1. The molecule has 2 aromatic rings. The number of halogens is 1. The normalized spacial score (nSPS) is 10.7. The first kappa shape index (κ1) is 16.5. The predicted molar refractivity (Wildman–Crippen MR) is 88.5 cm³/mol. The number of ether oxygens (including phenoxy) is 1. The molecule has 2 rings (SSSR count). The summed E-state index contributed by atoms with van der Waals surface area (Å²) in [7, 11) is 0. The van der Waals surface area contributed by atoms with Crippen LogP contribution >= 0.6 is 11.6 Å². The Morgan fingerprint density at radius 1 is 1.26 bits per heavy atom. The van der Waals surface area contributed by atoms with Crippen molar-refractivity contribution in [3.05, 3.63) is 64.7 Å². The highest BCUT2D eigenvalue weighted by atomic mass is 35.5. The molecule has 23 heavy (non-hydrogen) atoms. The van der Waals surface area contributed by atoms with Gasteiger partial charge >= 0.3 is 0 Å². The molecule has 0 aliphatic heterocycles. The van der Waals surface area contributed by atoms with Gasteiger partial charge in [-0.05, 0) is 25.1 Å². The fourth-order valence-corrected chi connectivity index (χ4v) is 2.09. The molecule has 0 atom stereocenters. The number of amides is 1. The SMILES string of the molecule is C/C(=N\NC(=O)COc1ccccc1C#N)c1ccccc1Cl. The minimum absolute atomic E-state index is 0.238. The first-order valence-electron chi connectivity index (χ1n) is 6.81. The molecule has 0 bridgehead atoms. The van der Waals surface area contributed by atoms with E-state index in [1.54, 1.807) is 37.3 Å². The Kier molecular flexibility index (Phi) is 5.73. The molecule has 6 heteroatoms. The second kappa shape index (κ2) is 7.97. The lowest BCUT2D eigenvalue weighted by Gasteiger charge is -2.07. The smallest absolute Gasteiger partial charge is 0.277 e. The van der Waals surface area contributed by atoms with Crippen LogP contribution in [0.1, 0.15) is 18.1 Å². The second-order valence-electron chi connectivity index (χ2n) is 4.61. The fourth-order valence-electron chi connectivity index (χ4n) is 1.82. The second-order valence-corrected chi connectivity index (χ2v) is 5.02. The summed E-state index contributed by atoms with van der Waals surface area (Å²) in [4.78, 5) is 11.8. The Morgan fingerprint density at radius 3 is 2.70 bits per heavy atom. The molecular formula is C17H14ClN3O2. The highest BCUT2D eigenvalue weighted by Crippen LogP contribution is 2.16. The van der Waals surface area contributed by atoms with E-state index < -0.39 is 5.91 Å². The molecule has 0 aliphatic carbocycles. The molecule has 0 saturated carbocycles. The van der Waals surface area contributed by atoms with Gasteiger partial charge in [-0.2, -0.15) is 10.4 Å². The zero-order valence-corrected chi connectivity index (χ0v) is 13.2. The van der Waals surface area contributed by atoms with Crippen molar-refractivity contribution in [1.82, 2.24) is 5.43 Å². The number of para-hydroxylation sites is 1. The third-order valence-electron chi connectivity index (χ3n) is 2.98. The molecular weight excluding hydrogens is 314 g/mol. The average Bonchev–Trinajstić information content (AvgIpc) is 2.58. The van der Waals surface area contributed by atoms with Crippen LogP contribution in [0.5, 0.6) is 5.75 Å². The van der Waals surface area contributed by atoms with Crippen molar-refractivity contribution < 1.29 is 9.53 Å². The van der Waals surface area contributed by atoms with Gasteiger partial charge in [-0.3, -0.25) is 4.79 Å². The van der Waals surface area contributed by atoms with Gasteiger partial charge in [0.05, 0.1) is 11.3 Å². The Labute approximate surface area is 139 Å². The number of rotatable bonds is 5. The maximum Gasteiger partial charge on any atom is 0.277 e. The summed E-state index contributed by atoms with van der Waals surface area (Å²) in [5.41, 5.74) is 4.10. The summed E-state index contributed by atoms with van der Waals surface area (Å²) in [5.74, 6) is -0.0684. The van der Waals surface area contributed by atoms with Gasteiger partial charge in [0.25, 0.3) is 5.91 Å². The van der Waals surface area contributed by atoms with Crippen LogP contribution in [0.4, 0.5) is 0 Å². The predicted octanol–water partition coefficient (Wildman–Crippen LogP) is 3.13. The largest absolute Gasteiger partial charge is 0.482 e. The van der Waals surface area contributed by atoms with Crippen LogP contribution in [0.15, 0.2) is 53.6 Å². The van der Waals surface area contributed by atoms with Crippen LogP contribution in [-0.4, -0.2) is 18.2 Å². The quantitative estimate of drug-likeness (QED) is 0.677. The molecule has 0 unspecified atom stereocenters. The van der Waals surface area contributed by atoms with E-state index >= 15 is 0 Å². The first-order valence-corrected chi connectivity index (χ1v) is 7.19. The van der Waals surface area contributed by atoms with Gasteiger partial charge in [0, 0.05) is 10.6 Å². The van der Waals surface area contributed by atoms with Crippen LogP contribution in [0.3, 0.4) is 0 Å². The summed E-state index contributed by atoms with van der Waals surface area (Å²) in [6, 6.07) is 15.9. The summed E-state index contributed by atoms with van der Waals surface area (Å²) in [5, 5.41) is 13.5. The van der Waals surface area contributed by atoms with Gasteiger partial charge in [-0.25, -0.2) is 5.43 Å². The highest BCUT2D eigenvalue weighted by molar-refractivity contribution is 6.34. The van der Waals surface area contributed by atoms with Crippen LogP contribution < -0.4 is 10.2 Å². The van der Waals surface area contributed by atoms with Gasteiger partial charge in [0.2, 0.25) is 0 Å².